The Labute approximate surface area is 173 Å². The van der Waals surface area contributed by atoms with Gasteiger partial charge >= 0.3 is 0 Å². The fourth-order valence-electron chi connectivity index (χ4n) is 3.70. The van der Waals surface area contributed by atoms with Gasteiger partial charge in [0.25, 0.3) is 0 Å². The second kappa shape index (κ2) is 9.59. The number of anilines is 2. The van der Waals surface area contributed by atoms with Crippen molar-refractivity contribution in [3.63, 3.8) is 0 Å². The van der Waals surface area contributed by atoms with Gasteiger partial charge in [0.15, 0.2) is 0 Å². The van der Waals surface area contributed by atoms with E-state index in [1.165, 1.54) is 0 Å². The fraction of sp³-hybridized carbons (Fsp3) is 0.417. The summed E-state index contributed by atoms with van der Waals surface area (Å²) in [7, 11) is 0. The van der Waals surface area contributed by atoms with Crippen molar-refractivity contribution in [2.24, 2.45) is 5.92 Å². The van der Waals surface area contributed by atoms with Crippen LogP contribution in [0, 0.1) is 5.92 Å². The smallest absolute Gasteiger partial charge is 0.229 e. The standard InChI is InChI=1S/C24H30N2O3/c1-4-14-29-21-12-10-20(11-13-21)26-16-19(15-22(26)27)24(28)25-23-17(5-2)8-7-9-18(23)6-3/h7-13,19H,4-6,14-16H2,1-3H3,(H,25,28)/t19-/m0/s1. The number of hydrogen-bond donors (Lipinski definition) is 1. The normalized spacial score (nSPS) is 16.2. The first-order valence-corrected chi connectivity index (χ1v) is 10.5. The molecule has 2 aromatic carbocycles. The predicted octanol–water partition coefficient (Wildman–Crippen LogP) is 4.59. The highest BCUT2D eigenvalue weighted by molar-refractivity contribution is 6.04. The van der Waals surface area contributed by atoms with E-state index in [-0.39, 0.29) is 24.2 Å². The quantitative estimate of drug-likeness (QED) is 0.712. The maximum Gasteiger partial charge on any atom is 0.229 e. The van der Waals surface area contributed by atoms with Crippen LogP contribution >= 0.6 is 0 Å². The van der Waals surface area contributed by atoms with E-state index in [9.17, 15) is 9.59 Å². The molecule has 29 heavy (non-hydrogen) atoms. The van der Waals surface area contributed by atoms with Crippen molar-refractivity contribution in [2.75, 3.05) is 23.4 Å². The van der Waals surface area contributed by atoms with Crippen LogP contribution < -0.4 is 15.0 Å². The molecule has 0 bridgehead atoms. The summed E-state index contributed by atoms with van der Waals surface area (Å²) in [4.78, 5) is 27.2. The van der Waals surface area contributed by atoms with E-state index < -0.39 is 0 Å². The molecule has 0 saturated carbocycles. The number of nitrogens with zero attached hydrogens (tertiary/aromatic N) is 1. The Morgan fingerprint density at radius 3 is 2.31 bits per heavy atom. The first-order valence-electron chi connectivity index (χ1n) is 10.5. The molecule has 1 saturated heterocycles. The van der Waals surface area contributed by atoms with Gasteiger partial charge in [0.2, 0.25) is 11.8 Å². The van der Waals surface area contributed by atoms with Gasteiger partial charge in [0.05, 0.1) is 12.5 Å². The highest BCUT2D eigenvalue weighted by atomic mass is 16.5. The van der Waals surface area contributed by atoms with Crippen molar-refractivity contribution in [3.8, 4) is 5.75 Å². The number of amides is 2. The number of carbonyl (C=O) groups is 2. The number of hydrogen-bond acceptors (Lipinski definition) is 3. The molecule has 1 heterocycles. The zero-order chi connectivity index (χ0) is 20.8. The van der Waals surface area contributed by atoms with Crippen molar-refractivity contribution in [3.05, 3.63) is 53.6 Å². The van der Waals surface area contributed by atoms with Crippen LogP contribution in [0.2, 0.25) is 0 Å². The van der Waals surface area contributed by atoms with Crippen molar-refractivity contribution in [2.45, 2.75) is 46.5 Å². The molecule has 0 aliphatic carbocycles. The predicted molar refractivity (Wildman–Crippen MR) is 117 cm³/mol. The van der Waals surface area contributed by atoms with Gasteiger partial charge in [-0.1, -0.05) is 39.0 Å². The largest absolute Gasteiger partial charge is 0.494 e. The fourth-order valence-corrected chi connectivity index (χ4v) is 3.70. The maximum atomic E-state index is 12.9. The molecule has 1 atom stereocenters. The Morgan fingerprint density at radius 1 is 1.07 bits per heavy atom. The number of rotatable bonds is 8. The topological polar surface area (TPSA) is 58.6 Å². The third-order valence-electron chi connectivity index (χ3n) is 5.36. The lowest BCUT2D eigenvalue weighted by Gasteiger charge is -2.18. The minimum absolute atomic E-state index is 0.0214. The van der Waals surface area contributed by atoms with Crippen LogP contribution in [0.5, 0.6) is 5.75 Å². The average molecular weight is 395 g/mol. The van der Waals surface area contributed by atoms with E-state index in [0.717, 1.165) is 47.5 Å². The van der Waals surface area contributed by atoms with Crippen LogP contribution in [0.1, 0.15) is 44.7 Å². The van der Waals surface area contributed by atoms with Gasteiger partial charge in [-0.05, 0) is 54.7 Å². The summed E-state index contributed by atoms with van der Waals surface area (Å²) in [5, 5.41) is 3.11. The van der Waals surface area contributed by atoms with Crippen LogP contribution in [0.4, 0.5) is 11.4 Å². The van der Waals surface area contributed by atoms with Gasteiger partial charge in [0.1, 0.15) is 5.75 Å². The second-order valence-electron chi connectivity index (χ2n) is 7.40. The van der Waals surface area contributed by atoms with E-state index in [4.69, 9.17) is 4.74 Å². The van der Waals surface area contributed by atoms with Gasteiger partial charge in [-0.25, -0.2) is 0 Å². The van der Waals surface area contributed by atoms with Gasteiger partial charge in [0, 0.05) is 24.3 Å². The number of carbonyl (C=O) groups excluding carboxylic acids is 2. The molecule has 0 radical (unpaired) electrons. The summed E-state index contributed by atoms with van der Waals surface area (Å²) in [6.07, 6.45) is 2.89. The Morgan fingerprint density at radius 2 is 1.72 bits per heavy atom. The third-order valence-corrected chi connectivity index (χ3v) is 5.36. The molecule has 0 unspecified atom stereocenters. The number of benzene rings is 2. The van der Waals surface area contributed by atoms with Crippen LogP contribution in [0.3, 0.4) is 0 Å². The van der Waals surface area contributed by atoms with Crippen LogP contribution in [0.25, 0.3) is 0 Å². The zero-order valence-electron chi connectivity index (χ0n) is 17.5. The SMILES string of the molecule is CCCOc1ccc(N2C[C@@H](C(=O)Nc3c(CC)cccc3CC)CC2=O)cc1. The van der Waals surface area contributed by atoms with Crippen molar-refractivity contribution >= 4 is 23.2 Å². The molecule has 0 spiro atoms. The first kappa shape index (κ1) is 20.9. The van der Waals surface area contributed by atoms with Crippen molar-refractivity contribution in [1.82, 2.24) is 0 Å². The van der Waals surface area contributed by atoms with E-state index in [1.54, 1.807) is 4.90 Å². The first-order chi connectivity index (χ1) is 14.1. The van der Waals surface area contributed by atoms with Gasteiger partial charge in [-0.3, -0.25) is 9.59 Å². The number of ether oxygens (including phenoxy) is 1. The van der Waals surface area contributed by atoms with E-state index in [0.29, 0.717) is 13.2 Å². The average Bonchev–Trinajstić information content (AvgIpc) is 3.14. The Bertz CT molecular complexity index is 839. The van der Waals surface area contributed by atoms with Crippen LogP contribution in [0.15, 0.2) is 42.5 Å². The lowest BCUT2D eigenvalue weighted by molar-refractivity contribution is -0.122. The number of aryl methyl sites for hydroxylation is 2. The third kappa shape index (κ3) is 4.78. The van der Waals surface area contributed by atoms with Crippen molar-refractivity contribution < 1.29 is 14.3 Å². The van der Waals surface area contributed by atoms with Crippen molar-refractivity contribution in [1.29, 1.82) is 0 Å². The van der Waals surface area contributed by atoms with Crippen LogP contribution in [-0.4, -0.2) is 25.0 Å². The van der Waals surface area contributed by atoms with E-state index >= 15 is 0 Å². The molecule has 1 N–H and O–H groups in total. The maximum absolute atomic E-state index is 12.9. The molecule has 1 aliphatic rings. The summed E-state index contributed by atoms with van der Waals surface area (Å²) in [5.41, 5.74) is 3.96. The van der Waals surface area contributed by atoms with E-state index in [2.05, 4.69) is 26.1 Å². The molecule has 5 heteroatoms. The van der Waals surface area contributed by atoms with Gasteiger partial charge < -0.3 is 15.0 Å². The van der Waals surface area contributed by atoms with Gasteiger partial charge in [-0.15, -0.1) is 0 Å². The Balaban J connectivity index is 1.69. The second-order valence-corrected chi connectivity index (χ2v) is 7.40. The summed E-state index contributed by atoms with van der Waals surface area (Å²) in [5.74, 6) is 0.333. The van der Waals surface area contributed by atoms with Crippen LogP contribution in [-0.2, 0) is 22.4 Å². The molecule has 0 aromatic heterocycles. The summed E-state index contributed by atoms with van der Waals surface area (Å²) < 4.78 is 5.60. The molecule has 2 aromatic rings. The summed E-state index contributed by atoms with van der Waals surface area (Å²) in [6, 6.07) is 13.6. The monoisotopic (exact) mass is 394 g/mol. The lowest BCUT2D eigenvalue weighted by Crippen LogP contribution is -2.28. The van der Waals surface area contributed by atoms with E-state index in [1.807, 2.05) is 42.5 Å². The molecule has 5 nitrogen and oxygen atoms in total. The molecule has 154 valence electrons. The minimum atomic E-state index is -0.354. The molecule has 1 fully saturated rings. The molecular weight excluding hydrogens is 364 g/mol. The molecule has 2 amide bonds. The highest BCUT2D eigenvalue weighted by Crippen LogP contribution is 2.29. The molecule has 3 rings (SSSR count). The number of para-hydroxylation sites is 1. The Kier molecular flexibility index (Phi) is 6.91. The Hall–Kier alpha value is -2.82. The minimum Gasteiger partial charge on any atom is -0.494 e. The summed E-state index contributed by atoms with van der Waals surface area (Å²) in [6.45, 7) is 7.29. The molecular formula is C24H30N2O3. The zero-order valence-corrected chi connectivity index (χ0v) is 17.5. The van der Waals surface area contributed by atoms with Gasteiger partial charge in [-0.2, -0.15) is 0 Å². The highest BCUT2D eigenvalue weighted by Gasteiger charge is 2.35. The lowest BCUT2D eigenvalue weighted by atomic mass is 10.0. The molecule has 1 aliphatic heterocycles. The summed E-state index contributed by atoms with van der Waals surface area (Å²) >= 11 is 0. The number of nitrogens with one attached hydrogen (secondary N) is 1.